The molecule has 0 atom stereocenters. The average molecular weight is 581 g/mol. The van der Waals surface area contributed by atoms with Gasteiger partial charge in [0, 0.05) is 30.9 Å². The topological polar surface area (TPSA) is 67.6 Å². The Labute approximate surface area is 245 Å². The number of thiazole rings is 1. The fourth-order valence-electron chi connectivity index (χ4n) is 5.34. The van der Waals surface area contributed by atoms with Crippen molar-refractivity contribution in [3.63, 3.8) is 0 Å². The minimum atomic E-state index is -3.55. The van der Waals surface area contributed by atoms with Crippen LogP contribution in [0.2, 0.25) is 0 Å². The van der Waals surface area contributed by atoms with Gasteiger partial charge in [-0.05, 0) is 72.2 Å². The summed E-state index contributed by atoms with van der Waals surface area (Å²) in [5.41, 5.74) is 5.20. The van der Waals surface area contributed by atoms with E-state index in [0.717, 1.165) is 46.6 Å². The molecule has 3 heterocycles. The van der Waals surface area contributed by atoms with E-state index in [1.54, 1.807) is 34.0 Å². The first kappa shape index (κ1) is 27.3. The molecule has 41 heavy (non-hydrogen) atoms. The Morgan fingerprint density at radius 3 is 2.20 bits per heavy atom. The number of rotatable bonds is 8. The zero-order chi connectivity index (χ0) is 28.1. The molecule has 0 amide bonds. The third kappa shape index (κ3) is 6.40. The minimum absolute atomic E-state index is 0.339. The molecular weight excluding hydrogens is 549 g/mol. The average Bonchev–Trinajstić information content (AvgIpc) is 3.40. The Morgan fingerprint density at radius 2 is 1.51 bits per heavy atom. The Balaban J connectivity index is 1.22. The van der Waals surface area contributed by atoms with E-state index >= 15 is 0 Å². The molecule has 6 nitrogen and oxygen atoms in total. The lowest BCUT2D eigenvalue weighted by molar-refractivity contribution is 0.273. The number of sulfonamides is 1. The van der Waals surface area contributed by atoms with Crippen molar-refractivity contribution in [3.8, 4) is 11.3 Å². The molecule has 0 unspecified atom stereocenters. The molecule has 2 aromatic heterocycles. The van der Waals surface area contributed by atoms with Crippen LogP contribution < -0.4 is 4.80 Å². The van der Waals surface area contributed by atoms with Crippen molar-refractivity contribution >= 4 is 27.0 Å². The summed E-state index contributed by atoms with van der Waals surface area (Å²) < 4.78 is 30.8. The number of benzene rings is 3. The maximum absolute atomic E-state index is 13.5. The summed E-state index contributed by atoms with van der Waals surface area (Å²) in [7, 11) is -3.55. The molecular formula is C33H32N4O2S2. The lowest BCUT2D eigenvalue weighted by Crippen LogP contribution is -2.38. The van der Waals surface area contributed by atoms with Gasteiger partial charge in [0.2, 0.25) is 10.0 Å². The van der Waals surface area contributed by atoms with Crippen LogP contribution in [0.4, 0.5) is 5.69 Å². The molecule has 5 aromatic rings. The van der Waals surface area contributed by atoms with Gasteiger partial charge in [-0.25, -0.2) is 13.4 Å². The molecule has 0 spiro atoms. The zero-order valence-corrected chi connectivity index (χ0v) is 24.3. The smallest absolute Gasteiger partial charge is 0.243 e. The van der Waals surface area contributed by atoms with Crippen molar-refractivity contribution in [2.24, 2.45) is 10.9 Å². The third-order valence-corrected chi connectivity index (χ3v) is 10.3. The first-order valence-electron chi connectivity index (χ1n) is 13.9. The first-order chi connectivity index (χ1) is 20.1. The standard InChI is InChI=1S/C33H32N4O2S2/c38-41(39,36-20-17-27(18-21-36)22-26-8-3-1-4-9-26)31-15-13-29(14-16-31)32-25-40-33(35-30-11-5-2-6-12-30)37(32)24-28-10-7-19-34-23-28/h1-16,19,23,25,27H,17-18,20-22,24H2. The summed E-state index contributed by atoms with van der Waals surface area (Å²) in [4.78, 5) is 10.4. The Kier molecular flexibility index (Phi) is 8.23. The quantitative estimate of drug-likeness (QED) is 0.209. The normalized spacial score (nSPS) is 15.3. The largest absolute Gasteiger partial charge is 0.312 e. The number of aromatic nitrogens is 2. The van der Waals surface area contributed by atoms with Gasteiger partial charge in [-0.3, -0.25) is 4.98 Å². The van der Waals surface area contributed by atoms with Crippen molar-refractivity contribution in [1.29, 1.82) is 0 Å². The monoisotopic (exact) mass is 580 g/mol. The predicted octanol–water partition coefficient (Wildman–Crippen LogP) is 6.54. The van der Waals surface area contributed by atoms with E-state index in [1.165, 1.54) is 5.56 Å². The summed E-state index contributed by atoms with van der Waals surface area (Å²) in [5, 5.41) is 2.08. The van der Waals surface area contributed by atoms with Crippen molar-refractivity contribution in [2.75, 3.05) is 13.1 Å². The third-order valence-electron chi connectivity index (χ3n) is 7.57. The number of hydrogen-bond acceptors (Lipinski definition) is 5. The predicted molar refractivity (Wildman–Crippen MR) is 164 cm³/mol. The molecule has 3 aromatic carbocycles. The number of piperidine rings is 1. The molecule has 0 bridgehead atoms. The number of pyridine rings is 1. The highest BCUT2D eigenvalue weighted by atomic mass is 32.2. The molecule has 208 valence electrons. The van der Waals surface area contributed by atoms with Crippen LogP contribution in [0.15, 0.2) is 125 Å². The van der Waals surface area contributed by atoms with E-state index in [1.807, 2.05) is 66.9 Å². The van der Waals surface area contributed by atoms with Gasteiger partial charge in [0.05, 0.1) is 22.8 Å². The summed E-state index contributed by atoms with van der Waals surface area (Å²) in [5.74, 6) is 0.510. The Morgan fingerprint density at radius 1 is 0.829 bits per heavy atom. The first-order valence-corrected chi connectivity index (χ1v) is 16.2. The van der Waals surface area contributed by atoms with Gasteiger partial charge in [-0.1, -0.05) is 66.7 Å². The van der Waals surface area contributed by atoms with Crippen LogP contribution in [0, 0.1) is 5.92 Å². The molecule has 6 rings (SSSR count). The van der Waals surface area contributed by atoms with Crippen LogP contribution in [0.1, 0.15) is 24.0 Å². The van der Waals surface area contributed by atoms with Crippen molar-refractivity contribution in [2.45, 2.75) is 30.7 Å². The molecule has 0 saturated carbocycles. The molecule has 1 aliphatic heterocycles. The molecule has 1 fully saturated rings. The Bertz CT molecular complexity index is 1740. The summed E-state index contributed by atoms with van der Waals surface area (Å²) in [6, 6.07) is 31.6. The van der Waals surface area contributed by atoms with E-state index in [4.69, 9.17) is 4.99 Å². The minimum Gasteiger partial charge on any atom is -0.312 e. The van der Waals surface area contributed by atoms with Crippen LogP contribution >= 0.6 is 11.3 Å². The number of para-hydroxylation sites is 1. The van der Waals surface area contributed by atoms with Crippen LogP contribution in [-0.2, 0) is 23.0 Å². The summed E-state index contributed by atoms with van der Waals surface area (Å²) in [6.07, 6.45) is 6.39. The maximum atomic E-state index is 13.5. The molecule has 0 radical (unpaired) electrons. The second kappa shape index (κ2) is 12.3. The fourth-order valence-corrected chi connectivity index (χ4v) is 7.74. The SMILES string of the molecule is O=S(=O)(c1ccc(-c2csc(=Nc3ccccc3)n2Cc2cccnc2)cc1)N1CCC(Cc2ccccc2)CC1. The van der Waals surface area contributed by atoms with Crippen LogP contribution in [-0.4, -0.2) is 35.4 Å². The molecule has 1 aliphatic rings. The maximum Gasteiger partial charge on any atom is 0.243 e. The highest BCUT2D eigenvalue weighted by molar-refractivity contribution is 7.89. The highest BCUT2D eigenvalue weighted by Crippen LogP contribution is 2.28. The van der Waals surface area contributed by atoms with Gasteiger partial charge in [0.1, 0.15) is 0 Å². The highest BCUT2D eigenvalue weighted by Gasteiger charge is 2.29. The lowest BCUT2D eigenvalue weighted by Gasteiger charge is -2.31. The van der Waals surface area contributed by atoms with Crippen LogP contribution in [0.25, 0.3) is 11.3 Å². The van der Waals surface area contributed by atoms with E-state index in [9.17, 15) is 8.42 Å². The number of hydrogen-bond donors (Lipinski definition) is 0. The summed E-state index contributed by atoms with van der Waals surface area (Å²) >= 11 is 1.57. The van der Waals surface area contributed by atoms with Crippen molar-refractivity contribution in [1.82, 2.24) is 13.9 Å². The van der Waals surface area contributed by atoms with Gasteiger partial charge >= 0.3 is 0 Å². The van der Waals surface area contributed by atoms with Crippen LogP contribution in [0.3, 0.4) is 0 Å². The van der Waals surface area contributed by atoms with E-state index in [-0.39, 0.29) is 0 Å². The van der Waals surface area contributed by atoms with E-state index < -0.39 is 10.0 Å². The number of nitrogens with zero attached hydrogens (tertiary/aromatic N) is 4. The van der Waals surface area contributed by atoms with Gasteiger partial charge in [0.15, 0.2) is 4.80 Å². The van der Waals surface area contributed by atoms with Crippen LogP contribution in [0.5, 0.6) is 0 Å². The van der Waals surface area contributed by atoms with Gasteiger partial charge in [-0.2, -0.15) is 4.31 Å². The van der Waals surface area contributed by atoms with E-state index in [0.29, 0.717) is 30.4 Å². The molecule has 8 heteroatoms. The van der Waals surface area contributed by atoms with Crippen molar-refractivity contribution in [3.05, 3.63) is 131 Å². The zero-order valence-electron chi connectivity index (χ0n) is 22.7. The molecule has 0 aliphatic carbocycles. The van der Waals surface area contributed by atoms with Gasteiger partial charge in [0.25, 0.3) is 0 Å². The second-order valence-electron chi connectivity index (χ2n) is 10.4. The lowest BCUT2D eigenvalue weighted by atomic mass is 9.91. The van der Waals surface area contributed by atoms with Gasteiger partial charge < -0.3 is 4.57 Å². The Hall–Kier alpha value is -3.85. The second-order valence-corrected chi connectivity index (χ2v) is 13.1. The van der Waals surface area contributed by atoms with Gasteiger partial charge in [-0.15, -0.1) is 11.3 Å². The fraction of sp³-hybridized carbons (Fsp3) is 0.212. The summed E-state index contributed by atoms with van der Waals surface area (Å²) in [6.45, 7) is 1.72. The molecule has 0 N–H and O–H groups in total. The van der Waals surface area contributed by atoms with Crippen molar-refractivity contribution < 1.29 is 8.42 Å². The van der Waals surface area contributed by atoms with E-state index in [2.05, 4.69) is 39.2 Å². The molecule has 1 saturated heterocycles.